The molecule has 3 rings (SSSR count). The van der Waals surface area contributed by atoms with Crippen LogP contribution >= 0.6 is 0 Å². The Bertz CT molecular complexity index is 705. The first kappa shape index (κ1) is 10.9. The molecule has 2 aromatic rings. The first-order valence-corrected chi connectivity index (χ1v) is 5.56. The van der Waals surface area contributed by atoms with E-state index in [4.69, 9.17) is 0 Å². The van der Waals surface area contributed by atoms with E-state index in [0.29, 0.717) is 10.7 Å². The molecular formula is C13H12N3O2+. The highest BCUT2D eigenvalue weighted by molar-refractivity contribution is 5.54. The van der Waals surface area contributed by atoms with Gasteiger partial charge in [-0.2, -0.15) is 5.21 Å². The molecular weight excluding hydrogens is 230 g/mol. The van der Waals surface area contributed by atoms with E-state index in [9.17, 15) is 10.3 Å². The van der Waals surface area contributed by atoms with E-state index in [1.54, 1.807) is 24.3 Å². The third-order valence-corrected chi connectivity index (χ3v) is 2.83. The molecule has 0 aromatic heterocycles. The van der Waals surface area contributed by atoms with Crippen molar-refractivity contribution in [3.05, 3.63) is 58.7 Å². The molecule has 2 aromatic carbocycles. The number of fused-ring (bicyclic) bond motifs is 1. The Kier molecular flexibility index (Phi) is 2.19. The summed E-state index contributed by atoms with van der Waals surface area (Å²) in [5.41, 5.74) is 1.15. The maximum absolute atomic E-state index is 10.4. The van der Waals surface area contributed by atoms with Crippen LogP contribution in [0.4, 0.5) is 5.69 Å². The molecule has 0 unspecified atom stereocenters. The van der Waals surface area contributed by atoms with Gasteiger partial charge in [0.2, 0.25) is 0 Å². The Morgan fingerprint density at radius 2 is 1.61 bits per heavy atom. The first-order chi connectivity index (χ1) is 8.58. The van der Waals surface area contributed by atoms with E-state index < -0.39 is 4.86 Å². The van der Waals surface area contributed by atoms with Crippen molar-refractivity contribution in [1.29, 1.82) is 0 Å². The molecule has 0 bridgehead atoms. The van der Waals surface area contributed by atoms with E-state index in [-0.39, 0.29) is 11.4 Å². The Morgan fingerprint density at radius 3 is 2.22 bits per heavy atom. The number of rotatable bonds is 1. The van der Waals surface area contributed by atoms with Crippen LogP contribution in [0.5, 0.6) is 5.75 Å². The minimum Gasteiger partial charge on any atom is -0.502 e. The number of aromatic hydroxyl groups is 1. The summed E-state index contributed by atoms with van der Waals surface area (Å²) in [5, 5.41) is 29.7. The molecule has 0 fully saturated rings. The van der Waals surface area contributed by atoms with Crippen LogP contribution in [0.3, 0.4) is 0 Å². The lowest BCUT2D eigenvalue weighted by atomic mass is 10.2. The summed E-state index contributed by atoms with van der Waals surface area (Å²) in [7, 11) is 0. The van der Waals surface area contributed by atoms with E-state index in [0.717, 1.165) is 5.56 Å². The molecule has 0 amide bonds. The summed E-state index contributed by atoms with van der Waals surface area (Å²) < 4.78 is 0. The molecule has 90 valence electrons. The fourth-order valence-corrected chi connectivity index (χ4v) is 1.94. The molecule has 0 spiro atoms. The van der Waals surface area contributed by atoms with Crippen LogP contribution in [-0.2, 0) is 0 Å². The third-order valence-electron chi connectivity index (χ3n) is 2.83. The van der Waals surface area contributed by atoms with Gasteiger partial charge in [0.25, 0.3) is 5.69 Å². The first-order valence-electron chi connectivity index (χ1n) is 5.56. The van der Waals surface area contributed by atoms with Crippen molar-refractivity contribution in [2.75, 3.05) is 0 Å². The average Bonchev–Trinajstić information content (AvgIpc) is 2.69. The largest absolute Gasteiger partial charge is 0.502 e. The zero-order chi connectivity index (χ0) is 12.8. The van der Waals surface area contributed by atoms with Crippen molar-refractivity contribution in [1.82, 2.24) is 4.86 Å². The summed E-state index contributed by atoms with van der Waals surface area (Å²) >= 11 is 0. The summed E-state index contributed by atoms with van der Waals surface area (Å²) in [6, 6.07) is 12.1. The maximum Gasteiger partial charge on any atom is 0.265 e. The maximum atomic E-state index is 10.4. The molecule has 0 atom stereocenters. The minimum atomic E-state index is -0.993. The van der Waals surface area contributed by atoms with Crippen LogP contribution in [0.1, 0.15) is 5.56 Å². The van der Waals surface area contributed by atoms with Gasteiger partial charge in [-0.3, -0.25) is 0 Å². The van der Waals surface area contributed by atoms with Crippen LogP contribution in [0.2, 0.25) is 0 Å². The van der Waals surface area contributed by atoms with Crippen molar-refractivity contribution in [3.8, 4) is 5.75 Å². The van der Waals surface area contributed by atoms with Gasteiger partial charge in [-0.1, -0.05) is 18.2 Å². The summed E-state index contributed by atoms with van der Waals surface area (Å²) in [6.45, 7) is 1.87. The monoisotopic (exact) mass is 242 g/mol. The van der Waals surface area contributed by atoms with Crippen molar-refractivity contribution < 1.29 is 10.3 Å². The van der Waals surface area contributed by atoms with Gasteiger partial charge in [0, 0.05) is 6.07 Å². The van der Waals surface area contributed by atoms with Crippen LogP contribution in [0, 0.1) is 6.92 Å². The van der Waals surface area contributed by atoms with Gasteiger partial charge in [-0.15, -0.1) is 0 Å². The van der Waals surface area contributed by atoms with Gasteiger partial charge in [0.15, 0.2) is 16.5 Å². The Labute approximate surface area is 103 Å². The predicted molar refractivity (Wildman–Crippen MR) is 65.2 cm³/mol. The van der Waals surface area contributed by atoms with Crippen LogP contribution in [-0.4, -0.2) is 10.3 Å². The highest BCUT2D eigenvalue weighted by Crippen LogP contribution is 2.33. The molecule has 5 nitrogen and oxygen atoms in total. The number of hydrogen-bond donors (Lipinski definition) is 2. The van der Waals surface area contributed by atoms with E-state index >= 15 is 0 Å². The number of quaternary nitrogens is 1. The number of aryl methyl sites for hydroxylation is 1. The van der Waals surface area contributed by atoms with Gasteiger partial charge >= 0.3 is 0 Å². The molecule has 0 saturated heterocycles. The van der Waals surface area contributed by atoms with Gasteiger partial charge < -0.3 is 5.11 Å². The fraction of sp³-hybridized carbons (Fsp3) is 0.0769. The lowest BCUT2D eigenvalue weighted by Gasteiger charge is -2.14. The molecule has 1 heterocycles. The Morgan fingerprint density at radius 1 is 1.00 bits per heavy atom. The zero-order valence-electron chi connectivity index (χ0n) is 9.78. The lowest BCUT2D eigenvalue weighted by Crippen LogP contribution is -2.32. The highest BCUT2D eigenvalue weighted by Gasteiger charge is 2.36. The minimum absolute atomic E-state index is 0.0385. The van der Waals surface area contributed by atoms with Crippen molar-refractivity contribution in [2.24, 2.45) is 10.2 Å². The lowest BCUT2D eigenvalue weighted by molar-refractivity contribution is -0.0808. The molecule has 1 aliphatic heterocycles. The Hall–Kier alpha value is -2.24. The smallest absolute Gasteiger partial charge is 0.265 e. The second kappa shape index (κ2) is 3.63. The Balaban J connectivity index is 2.25. The molecule has 0 saturated carbocycles. The van der Waals surface area contributed by atoms with Crippen LogP contribution < -0.4 is 15.6 Å². The highest BCUT2D eigenvalue weighted by atomic mass is 16.6. The molecule has 0 aliphatic carbocycles. The normalized spacial score (nSPS) is 15.7. The van der Waals surface area contributed by atoms with Crippen LogP contribution in [0.15, 0.2) is 52.7 Å². The summed E-state index contributed by atoms with van der Waals surface area (Å²) in [6.07, 6.45) is 0. The zero-order valence-corrected chi connectivity index (χ0v) is 9.78. The third kappa shape index (κ3) is 1.57. The quantitative estimate of drug-likeness (QED) is 0.737. The summed E-state index contributed by atoms with van der Waals surface area (Å²) in [5.74, 6) is -0.0385. The standard InChI is InChI=1S/C13H11N3O2/c1-9-6-7-13(17)12(8-9)16(18)14-10-4-2-3-5-11(10)15-16/h2-8,18H,1H3/p+1. The second-order valence-electron chi connectivity index (χ2n) is 4.25. The van der Waals surface area contributed by atoms with E-state index in [1.165, 1.54) is 6.07 Å². The molecule has 1 aliphatic rings. The van der Waals surface area contributed by atoms with E-state index in [2.05, 4.69) is 10.2 Å². The molecule has 18 heavy (non-hydrogen) atoms. The van der Waals surface area contributed by atoms with Gasteiger partial charge in [0.1, 0.15) is 0 Å². The number of phenols is 1. The number of nitrogens with zero attached hydrogens (tertiary/aromatic N) is 3. The number of benzene rings is 2. The average molecular weight is 242 g/mol. The van der Waals surface area contributed by atoms with Gasteiger partial charge in [-0.05, 0) is 40.9 Å². The molecule has 2 N–H and O–H groups in total. The van der Waals surface area contributed by atoms with Crippen molar-refractivity contribution >= 4 is 5.69 Å². The number of hydrogen-bond acceptors (Lipinski definition) is 4. The topological polar surface area (TPSA) is 65.2 Å². The molecule has 0 radical (unpaired) electrons. The fourth-order valence-electron chi connectivity index (χ4n) is 1.94. The second-order valence-corrected chi connectivity index (χ2v) is 4.25. The van der Waals surface area contributed by atoms with Crippen LogP contribution in [0.25, 0.3) is 0 Å². The number of phenolic OH excluding ortho intramolecular Hbond substituents is 1. The van der Waals surface area contributed by atoms with Gasteiger partial charge in [-0.25, -0.2) is 0 Å². The van der Waals surface area contributed by atoms with Gasteiger partial charge in [0.05, 0.1) is 4.86 Å². The van der Waals surface area contributed by atoms with E-state index in [1.807, 2.05) is 19.1 Å². The predicted octanol–water partition coefficient (Wildman–Crippen LogP) is 1.18. The van der Waals surface area contributed by atoms with Crippen molar-refractivity contribution in [2.45, 2.75) is 6.92 Å². The van der Waals surface area contributed by atoms with Crippen molar-refractivity contribution in [3.63, 3.8) is 0 Å². The molecule has 5 heteroatoms. The SMILES string of the molecule is Cc1ccc(O)c([N+]2(O)N=c3ccccc3=N2)c1. The summed E-state index contributed by atoms with van der Waals surface area (Å²) in [4.78, 5) is -0.993.